The first-order valence-electron chi connectivity index (χ1n) is 8.81. The Morgan fingerprint density at radius 3 is 2.81 bits per heavy atom. The summed E-state index contributed by atoms with van der Waals surface area (Å²) in [5.41, 5.74) is 3.55. The van der Waals surface area contributed by atoms with Gasteiger partial charge in [0.1, 0.15) is 11.5 Å². The molecule has 1 aliphatic carbocycles. The van der Waals surface area contributed by atoms with Crippen LogP contribution in [0.3, 0.4) is 0 Å². The number of pyridine rings is 1. The highest BCUT2D eigenvalue weighted by Crippen LogP contribution is 2.41. The number of rotatable bonds is 2. The third-order valence-electron chi connectivity index (χ3n) is 5.33. The van der Waals surface area contributed by atoms with E-state index >= 15 is 0 Å². The molecular formula is C20H17ClFN3O. The maximum Gasteiger partial charge on any atom is 0.271 e. The van der Waals surface area contributed by atoms with Crippen molar-refractivity contribution < 1.29 is 9.18 Å². The van der Waals surface area contributed by atoms with Crippen LogP contribution in [-0.2, 0) is 6.54 Å². The molecule has 1 aromatic carbocycles. The highest BCUT2D eigenvalue weighted by molar-refractivity contribution is 6.30. The van der Waals surface area contributed by atoms with Gasteiger partial charge in [0, 0.05) is 30.4 Å². The van der Waals surface area contributed by atoms with E-state index in [1.165, 1.54) is 12.1 Å². The van der Waals surface area contributed by atoms with E-state index in [9.17, 15) is 9.18 Å². The van der Waals surface area contributed by atoms with E-state index in [0.29, 0.717) is 22.9 Å². The first kappa shape index (κ1) is 15.8. The van der Waals surface area contributed by atoms with Crippen LogP contribution < -0.4 is 0 Å². The molecule has 0 N–H and O–H groups in total. The lowest BCUT2D eigenvalue weighted by atomic mass is 10.0. The number of carbonyl (C=O) groups is 1. The number of benzene rings is 1. The Hall–Kier alpha value is -2.40. The van der Waals surface area contributed by atoms with E-state index in [4.69, 9.17) is 11.6 Å². The van der Waals surface area contributed by atoms with Crippen LogP contribution in [0.5, 0.6) is 0 Å². The maximum atomic E-state index is 14.1. The van der Waals surface area contributed by atoms with Crippen LogP contribution in [0, 0.1) is 5.82 Å². The second-order valence-corrected chi connectivity index (χ2v) is 7.53. The Morgan fingerprint density at radius 2 is 2.08 bits per heavy atom. The third kappa shape index (κ3) is 2.20. The fourth-order valence-corrected chi connectivity index (χ4v) is 4.18. The smallest absolute Gasteiger partial charge is 0.271 e. The molecule has 132 valence electrons. The van der Waals surface area contributed by atoms with E-state index in [1.807, 2.05) is 21.6 Å². The van der Waals surface area contributed by atoms with Gasteiger partial charge < -0.3 is 9.47 Å². The molecule has 0 unspecified atom stereocenters. The van der Waals surface area contributed by atoms with Crippen LogP contribution in [0.25, 0.3) is 22.2 Å². The van der Waals surface area contributed by atoms with Gasteiger partial charge in [-0.25, -0.2) is 4.39 Å². The van der Waals surface area contributed by atoms with Crippen molar-refractivity contribution in [3.63, 3.8) is 0 Å². The number of aromatic nitrogens is 2. The number of fused-ring (bicyclic) bond motifs is 3. The first-order valence-corrected chi connectivity index (χ1v) is 9.19. The van der Waals surface area contributed by atoms with E-state index in [1.54, 1.807) is 12.3 Å². The normalized spacial score (nSPS) is 19.9. The van der Waals surface area contributed by atoms with Gasteiger partial charge in [-0.1, -0.05) is 17.7 Å². The maximum absolute atomic E-state index is 14.1. The van der Waals surface area contributed by atoms with Crippen LogP contribution in [0.15, 0.2) is 36.5 Å². The Bertz CT molecular complexity index is 1060. The summed E-state index contributed by atoms with van der Waals surface area (Å²) < 4.78 is 16.2. The molecule has 0 radical (unpaired) electrons. The van der Waals surface area contributed by atoms with E-state index < -0.39 is 5.82 Å². The molecule has 1 fully saturated rings. The van der Waals surface area contributed by atoms with Crippen LogP contribution in [0.2, 0.25) is 5.02 Å². The monoisotopic (exact) mass is 369 g/mol. The van der Waals surface area contributed by atoms with Gasteiger partial charge in [0.05, 0.1) is 16.1 Å². The molecule has 3 heterocycles. The molecule has 26 heavy (non-hydrogen) atoms. The number of nitrogens with zero attached hydrogens (tertiary/aromatic N) is 3. The SMILES string of the molecule is C[C@@H]1Cn2c(c(-c3ccc(Cl)c(F)c3)c3ncccc32)C(=O)N1C1CC1. The first-order chi connectivity index (χ1) is 12.6. The van der Waals surface area contributed by atoms with Gasteiger partial charge in [-0.05, 0) is 49.6 Å². The van der Waals surface area contributed by atoms with Crippen LogP contribution >= 0.6 is 11.6 Å². The highest BCUT2D eigenvalue weighted by Gasteiger charge is 2.42. The molecule has 2 aromatic heterocycles. The van der Waals surface area contributed by atoms with Gasteiger partial charge in [-0.3, -0.25) is 9.78 Å². The summed E-state index contributed by atoms with van der Waals surface area (Å²) in [6, 6.07) is 8.96. The fraction of sp³-hybridized carbons (Fsp3) is 0.300. The molecule has 1 aliphatic heterocycles. The predicted molar refractivity (Wildman–Crippen MR) is 98.8 cm³/mol. The Kier molecular flexibility index (Phi) is 3.38. The summed E-state index contributed by atoms with van der Waals surface area (Å²) in [5, 5.41) is 0.0682. The Labute approximate surface area is 155 Å². The molecule has 4 nitrogen and oxygen atoms in total. The summed E-state index contributed by atoms with van der Waals surface area (Å²) in [7, 11) is 0. The minimum Gasteiger partial charge on any atom is -0.333 e. The second-order valence-electron chi connectivity index (χ2n) is 7.13. The molecular weight excluding hydrogens is 353 g/mol. The van der Waals surface area contributed by atoms with Crippen molar-refractivity contribution in [1.82, 2.24) is 14.5 Å². The Balaban J connectivity index is 1.81. The number of halogens is 2. The quantitative estimate of drug-likeness (QED) is 0.667. The molecule has 5 rings (SSSR count). The highest BCUT2D eigenvalue weighted by atomic mass is 35.5. The minimum absolute atomic E-state index is 0.00890. The largest absolute Gasteiger partial charge is 0.333 e. The summed E-state index contributed by atoms with van der Waals surface area (Å²) >= 11 is 5.85. The van der Waals surface area contributed by atoms with E-state index in [2.05, 4.69) is 11.9 Å². The molecule has 3 aromatic rings. The van der Waals surface area contributed by atoms with Crippen molar-refractivity contribution in [3.8, 4) is 11.1 Å². The van der Waals surface area contributed by atoms with E-state index in [0.717, 1.165) is 30.4 Å². The molecule has 0 bridgehead atoms. The van der Waals surface area contributed by atoms with Crippen molar-refractivity contribution >= 4 is 28.5 Å². The second kappa shape index (κ2) is 5.55. The molecule has 0 saturated heterocycles. The zero-order valence-electron chi connectivity index (χ0n) is 14.2. The summed E-state index contributed by atoms with van der Waals surface area (Å²) in [5.74, 6) is -0.488. The summed E-state index contributed by atoms with van der Waals surface area (Å²) in [4.78, 5) is 19.9. The standard InChI is InChI=1S/C20H17ClFN3O/c1-11-10-24-16-3-2-8-23-18(16)17(12-4-7-14(21)15(22)9-12)19(24)20(26)25(11)13-5-6-13/h2-4,7-9,11,13H,5-6,10H2,1H3/t11-/m1/s1. The van der Waals surface area contributed by atoms with Gasteiger partial charge in [-0.15, -0.1) is 0 Å². The van der Waals surface area contributed by atoms with Gasteiger partial charge in [0.15, 0.2) is 0 Å². The summed E-state index contributed by atoms with van der Waals surface area (Å²) in [6.07, 6.45) is 3.82. The van der Waals surface area contributed by atoms with Gasteiger partial charge in [-0.2, -0.15) is 0 Å². The molecule has 1 amide bonds. The molecule has 2 aliphatic rings. The average Bonchev–Trinajstić information content (AvgIpc) is 3.40. The molecule has 6 heteroatoms. The van der Waals surface area contributed by atoms with Gasteiger partial charge in [0.25, 0.3) is 5.91 Å². The van der Waals surface area contributed by atoms with E-state index in [-0.39, 0.29) is 17.0 Å². The van der Waals surface area contributed by atoms with Crippen molar-refractivity contribution in [2.75, 3.05) is 0 Å². The molecule has 1 atom stereocenters. The van der Waals surface area contributed by atoms with Crippen LogP contribution in [0.1, 0.15) is 30.3 Å². The number of hydrogen-bond donors (Lipinski definition) is 0. The van der Waals surface area contributed by atoms with Crippen LogP contribution in [-0.4, -0.2) is 32.4 Å². The zero-order valence-corrected chi connectivity index (χ0v) is 15.0. The number of hydrogen-bond acceptors (Lipinski definition) is 2. The van der Waals surface area contributed by atoms with Crippen molar-refractivity contribution in [3.05, 3.63) is 53.1 Å². The topological polar surface area (TPSA) is 38.1 Å². The minimum atomic E-state index is -0.496. The van der Waals surface area contributed by atoms with Crippen LogP contribution in [0.4, 0.5) is 4.39 Å². The summed E-state index contributed by atoms with van der Waals surface area (Å²) in [6.45, 7) is 2.80. The number of amides is 1. The van der Waals surface area contributed by atoms with Gasteiger partial charge >= 0.3 is 0 Å². The van der Waals surface area contributed by atoms with Crippen molar-refractivity contribution in [2.45, 2.75) is 38.4 Å². The number of carbonyl (C=O) groups excluding carboxylic acids is 1. The third-order valence-corrected chi connectivity index (χ3v) is 5.63. The van der Waals surface area contributed by atoms with Crippen molar-refractivity contribution in [1.29, 1.82) is 0 Å². The Morgan fingerprint density at radius 1 is 1.27 bits per heavy atom. The lowest BCUT2D eigenvalue weighted by molar-refractivity contribution is 0.0600. The molecule has 1 saturated carbocycles. The average molecular weight is 370 g/mol. The zero-order chi connectivity index (χ0) is 18.0. The lowest BCUT2D eigenvalue weighted by Gasteiger charge is -2.35. The van der Waals surface area contributed by atoms with Gasteiger partial charge in [0.2, 0.25) is 0 Å². The lowest BCUT2D eigenvalue weighted by Crippen LogP contribution is -2.47. The predicted octanol–water partition coefficient (Wildman–Crippen LogP) is 4.50. The fourth-order valence-electron chi connectivity index (χ4n) is 4.06. The van der Waals surface area contributed by atoms with Crippen molar-refractivity contribution in [2.24, 2.45) is 0 Å². The molecule has 0 spiro atoms.